The summed E-state index contributed by atoms with van der Waals surface area (Å²) in [4.78, 5) is 18.8. The lowest BCUT2D eigenvalue weighted by molar-refractivity contribution is -0.127. The van der Waals surface area contributed by atoms with Crippen LogP contribution in [-0.2, 0) is 4.79 Å². The van der Waals surface area contributed by atoms with E-state index in [1.165, 1.54) is 24.8 Å². The van der Waals surface area contributed by atoms with Crippen molar-refractivity contribution in [2.24, 2.45) is 16.8 Å². The number of aliphatic imine (C=N–C) groups is 1. The SMILES string of the molecule is CCC1CN(C(=NC)NCCCNC(=O)C2CCC2)CCC1c1ccccc1. The van der Waals surface area contributed by atoms with Gasteiger partial charge < -0.3 is 15.5 Å². The molecule has 0 bridgehead atoms. The quantitative estimate of drug-likeness (QED) is 0.430. The fourth-order valence-corrected chi connectivity index (χ4v) is 4.42. The van der Waals surface area contributed by atoms with Gasteiger partial charge in [0.25, 0.3) is 0 Å². The molecule has 0 spiro atoms. The first kappa shape index (κ1) is 20.7. The molecule has 0 radical (unpaired) electrons. The number of rotatable bonds is 7. The van der Waals surface area contributed by atoms with Gasteiger partial charge >= 0.3 is 0 Å². The Bertz CT molecular complexity index is 641. The van der Waals surface area contributed by atoms with Gasteiger partial charge in [0.2, 0.25) is 5.91 Å². The van der Waals surface area contributed by atoms with Crippen molar-refractivity contribution >= 4 is 11.9 Å². The summed E-state index contributed by atoms with van der Waals surface area (Å²) in [5.41, 5.74) is 1.47. The third-order valence-electron chi connectivity index (χ3n) is 6.41. The summed E-state index contributed by atoms with van der Waals surface area (Å²) in [5, 5.41) is 6.56. The fraction of sp³-hybridized carbons (Fsp3) is 0.652. The number of nitrogens with zero attached hydrogens (tertiary/aromatic N) is 2. The molecule has 2 N–H and O–H groups in total. The van der Waals surface area contributed by atoms with Crippen LogP contribution in [0.25, 0.3) is 0 Å². The van der Waals surface area contributed by atoms with Gasteiger partial charge in [-0.25, -0.2) is 0 Å². The molecule has 28 heavy (non-hydrogen) atoms. The van der Waals surface area contributed by atoms with Crippen molar-refractivity contribution in [1.29, 1.82) is 0 Å². The van der Waals surface area contributed by atoms with E-state index >= 15 is 0 Å². The predicted molar refractivity (Wildman–Crippen MR) is 115 cm³/mol. The zero-order valence-corrected chi connectivity index (χ0v) is 17.5. The molecule has 2 unspecified atom stereocenters. The van der Waals surface area contributed by atoms with Gasteiger partial charge in [-0.05, 0) is 43.1 Å². The van der Waals surface area contributed by atoms with Crippen molar-refractivity contribution in [3.63, 3.8) is 0 Å². The molecule has 1 aliphatic heterocycles. The summed E-state index contributed by atoms with van der Waals surface area (Å²) < 4.78 is 0. The van der Waals surface area contributed by atoms with Crippen LogP contribution in [0.2, 0.25) is 0 Å². The Morgan fingerprint density at radius 1 is 1.14 bits per heavy atom. The molecule has 1 heterocycles. The highest BCUT2D eigenvalue weighted by Crippen LogP contribution is 2.34. The van der Waals surface area contributed by atoms with E-state index in [1.807, 2.05) is 7.05 Å². The molecular formula is C23H36N4O. The molecule has 154 valence electrons. The minimum atomic E-state index is 0.240. The number of nitrogens with one attached hydrogen (secondary N) is 2. The van der Waals surface area contributed by atoms with E-state index in [1.54, 1.807) is 0 Å². The van der Waals surface area contributed by atoms with Gasteiger partial charge in [0.05, 0.1) is 0 Å². The van der Waals surface area contributed by atoms with Crippen molar-refractivity contribution in [3.8, 4) is 0 Å². The summed E-state index contributed by atoms with van der Waals surface area (Å²) >= 11 is 0. The van der Waals surface area contributed by atoms with Gasteiger partial charge in [-0.2, -0.15) is 0 Å². The number of likely N-dealkylation sites (tertiary alicyclic amines) is 1. The second-order valence-electron chi connectivity index (χ2n) is 8.17. The second-order valence-corrected chi connectivity index (χ2v) is 8.17. The zero-order valence-electron chi connectivity index (χ0n) is 17.5. The molecule has 1 aromatic rings. The average Bonchev–Trinajstić information content (AvgIpc) is 2.69. The first-order chi connectivity index (χ1) is 13.7. The van der Waals surface area contributed by atoms with E-state index in [9.17, 15) is 4.79 Å². The van der Waals surface area contributed by atoms with Crippen LogP contribution in [0.3, 0.4) is 0 Å². The molecule has 2 aliphatic rings. The van der Waals surface area contributed by atoms with Gasteiger partial charge in [-0.15, -0.1) is 0 Å². The second kappa shape index (κ2) is 10.5. The van der Waals surface area contributed by atoms with Gasteiger partial charge in [0.1, 0.15) is 0 Å². The molecule has 1 aliphatic carbocycles. The number of hydrogen-bond acceptors (Lipinski definition) is 2. The number of hydrogen-bond donors (Lipinski definition) is 2. The van der Waals surface area contributed by atoms with E-state index < -0.39 is 0 Å². The number of benzene rings is 1. The maximum atomic E-state index is 11.9. The number of piperidine rings is 1. The van der Waals surface area contributed by atoms with Crippen LogP contribution in [0.4, 0.5) is 0 Å². The Morgan fingerprint density at radius 2 is 1.89 bits per heavy atom. The highest BCUT2D eigenvalue weighted by Gasteiger charge is 2.30. The van der Waals surface area contributed by atoms with Crippen LogP contribution in [0.1, 0.15) is 56.9 Å². The minimum absolute atomic E-state index is 0.240. The van der Waals surface area contributed by atoms with Crippen LogP contribution in [0, 0.1) is 11.8 Å². The van der Waals surface area contributed by atoms with Gasteiger partial charge in [-0.1, -0.05) is 50.1 Å². The Labute approximate surface area is 170 Å². The van der Waals surface area contributed by atoms with Crippen LogP contribution in [0.5, 0.6) is 0 Å². The number of guanidine groups is 1. The lowest BCUT2D eigenvalue weighted by Gasteiger charge is -2.40. The topological polar surface area (TPSA) is 56.7 Å². The molecule has 1 amide bonds. The monoisotopic (exact) mass is 384 g/mol. The third-order valence-corrected chi connectivity index (χ3v) is 6.41. The normalized spacial score (nSPS) is 23.2. The predicted octanol–water partition coefficient (Wildman–Crippen LogP) is 3.38. The van der Waals surface area contributed by atoms with Gasteiger partial charge in [0.15, 0.2) is 5.96 Å². The Kier molecular flexibility index (Phi) is 7.75. The van der Waals surface area contributed by atoms with Crippen LogP contribution in [0.15, 0.2) is 35.3 Å². The summed E-state index contributed by atoms with van der Waals surface area (Å²) in [6.07, 6.45) is 6.61. The summed E-state index contributed by atoms with van der Waals surface area (Å²) in [5.74, 6) is 2.80. The van der Waals surface area contributed by atoms with Crippen LogP contribution >= 0.6 is 0 Å². The van der Waals surface area contributed by atoms with Gasteiger partial charge in [-0.3, -0.25) is 9.79 Å². The largest absolute Gasteiger partial charge is 0.356 e. The van der Waals surface area contributed by atoms with E-state index in [0.29, 0.717) is 11.8 Å². The summed E-state index contributed by atoms with van der Waals surface area (Å²) in [6.45, 7) is 5.97. The zero-order chi connectivity index (χ0) is 19.8. The maximum Gasteiger partial charge on any atom is 0.223 e. The van der Waals surface area contributed by atoms with Crippen molar-refractivity contribution in [2.45, 2.75) is 51.4 Å². The average molecular weight is 385 g/mol. The Morgan fingerprint density at radius 3 is 2.54 bits per heavy atom. The molecule has 0 aromatic heterocycles. The van der Waals surface area contributed by atoms with E-state index in [4.69, 9.17) is 0 Å². The van der Waals surface area contributed by atoms with Crippen molar-refractivity contribution < 1.29 is 4.79 Å². The highest BCUT2D eigenvalue weighted by molar-refractivity contribution is 5.80. The van der Waals surface area contributed by atoms with E-state index in [2.05, 4.69) is 57.8 Å². The molecule has 2 fully saturated rings. The van der Waals surface area contributed by atoms with Crippen molar-refractivity contribution in [2.75, 3.05) is 33.2 Å². The van der Waals surface area contributed by atoms with Crippen LogP contribution in [-0.4, -0.2) is 50.0 Å². The fourth-order valence-electron chi connectivity index (χ4n) is 4.42. The molecule has 2 atom stereocenters. The lowest BCUT2D eigenvalue weighted by Crippen LogP contribution is -2.48. The third kappa shape index (κ3) is 5.27. The molecule has 1 aromatic carbocycles. The molecule has 1 saturated heterocycles. The first-order valence-corrected chi connectivity index (χ1v) is 11.0. The van der Waals surface area contributed by atoms with Crippen molar-refractivity contribution in [3.05, 3.63) is 35.9 Å². The van der Waals surface area contributed by atoms with E-state index in [-0.39, 0.29) is 11.8 Å². The van der Waals surface area contributed by atoms with Gasteiger partial charge in [0, 0.05) is 39.1 Å². The minimum Gasteiger partial charge on any atom is -0.356 e. The molecule has 5 heteroatoms. The van der Waals surface area contributed by atoms with E-state index in [0.717, 1.165) is 51.4 Å². The van der Waals surface area contributed by atoms with Crippen LogP contribution < -0.4 is 10.6 Å². The molecular weight excluding hydrogens is 348 g/mol. The Balaban J connectivity index is 1.42. The molecule has 5 nitrogen and oxygen atoms in total. The first-order valence-electron chi connectivity index (χ1n) is 11.0. The standard InChI is InChI=1S/C23H36N4O/c1-3-18-17-27(16-13-21(18)19-9-5-4-6-10-19)23(24-2)26-15-8-14-25-22(28)20-11-7-12-20/h4-6,9-10,18,20-21H,3,7-8,11-17H2,1-2H3,(H,24,26)(H,25,28). The summed E-state index contributed by atoms with van der Waals surface area (Å²) in [7, 11) is 1.87. The van der Waals surface area contributed by atoms with Crippen molar-refractivity contribution in [1.82, 2.24) is 15.5 Å². The number of carbonyl (C=O) groups excluding carboxylic acids is 1. The Hall–Kier alpha value is -2.04. The molecule has 3 rings (SSSR count). The smallest absolute Gasteiger partial charge is 0.223 e. The molecule has 1 saturated carbocycles. The number of amides is 1. The summed E-state index contributed by atoms with van der Waals surface area (Å²) in [6, 6.07) is 10.9. The number of carbonyl (C=O) groups is 1. The highest BCUT2D eigenvalue weighted by atomic mass is 16.1. The lowest BCUT2D eigenvalue weighted by atomic mass is 9.79. The maximum absolute atomic E-state index is 11.9.